The summed E-state index contributed by atoms with van der Waals surface area (Å²) in [6.45, 7) is 1.19. The van der Waals surface area contributed by atoms with E-state index in [1.54, 1.807) is 37.3 Å². The molecule has 4 rings (SSSR count). The molecule has 2 aromatic carbocycles. The van der Waals surface area contributed by atoms with Gasteiger partial charge in [0.1, 0.15) is 0 Å². The molecule has 2 aliphatic heterocycles. The van der Waals surface area contributed by atoms with Crippen LogP contribution < -0.4 is 9.47 Å². The highest BCUT2D eigenvalue weighted by atomic mass is 16.7. The number of benzene rings is 2. The minimum absolute atomic E-state index is 0.0664. The first-order valence-electron chi connectivity index (χ1n) is 8.64. The van der Waals surface area contributed by atoms with Gasteiger partial charge >= 0.3 is 17.8 Å². The molecule has 142 valence electrons. The van der Waals surface area contributed by atoms with Crippen molar-refractivity contribution in [1.29, 1.82) is 0 Å². The lowest BCUT2D eigenvalue weighted by atomic mass is 10.1. The topological polar surface area (TPSA) is 93.2 Å². The van der Waals surface area contributed by atoms with Gasteiger partial charge < -0.3 is 9.47 Å². The van der Waals surface area contributed by atoms with E-state index < -0.39 is 36.2 Å². The van der Waals surface area contributed by atoms with Crippen LogP contribution in [-0.4, -0.2) is 46.8 Å². The highest BCUT2D eigenvalue weighted by molar-refractivity contribution is 6.45. The quantitative estimate of drug-likeness (QED) is 0.448. The molecule has 8 heteroatoms. The second-order valence-corrected chi connectivity index (χ2v) is 6.43. The number of carbonyl (C=O) groups is 4. The number of hydrogen-bond donors (Lipinski definition) is 0. The van der Waals surface area contributed by atoms with Gasteiger partial charge in [-0.15, -0.1) is 0 Å². The molecule has 0 bridgehead atoms. The maximum atomic E-state index is 12.7. The summed E-state index contributed by atoms with van der Waals surface area (Å²) in [7, 11) is 0. The van der Waals surface area contributed by atoms with E-state index >= 15 is 0 Å². The van der Waals surface area contributed by atoms with Gasteiger partial charge in [0.15, 0.2) is 17.3 Å². The van der Waals surface area contributed by atoms with Gasteiger partial charge in [0, 0.05) is 5.56 Å². The predicted molar refractivity (Wildman–Crippen MR) is 95.7 cm³/mol. The Bertz CT molecular complexity index is 987. The summed E-state index contributed by atoms with van der Waals surface area (Å²) in [6, 6.07) is 12.0. The average Bonchev–Trinajstić information content (AvgIpc) is 3.26. The summed E-state index contributed by atoms with van der Waals surface area (Å²) in [5.74, 6) is -1.51. The van der Waals surface area contributed by atoms with Crippen molar-refractivity contribution < 1.29 is 28.7 Å². The van der Waals surface area contributed by atoms with Crippen LogP contribution in [0.1, 0.15) is 28.9 Å². The smallest absolute Gasteiger partial charge is 0.335 e. The average molecular weight is 380 g/mol. The Morgan fingerprint density at radius 3 is 2.46 bits per heavy atom. The van der Waals surface area contributed by atoms with Crippen LogP contribution in [0.15, 0.2) is 48.5 Å². The molecular weight excluding hydrogens is 364 g/mol. The number of urea groups is 1. The normalized spacial score (nSPS) is 16.7. The standard InChI is InChI=1S/C20H16N2O6/c1-12(13-5-3-2-4-6-13)22-19(25)18(24)21(20(22)26)10-15(23)14-7-8-16-17(9-14)28-11-27-16/h2-9,12H,10-11H2,1H3/t12-/m1/s1. The summed E-state index contributed by atoms with van der Waals surface area (Å²) < 4.78 is 10.4. The summed E-state index contributed by atoms with van der Waals surface area (Å²) in [5.41, 5.74) is 0.966. The predicted octanol–water partition coefficient (Wildman–Crippen LogP) is 2.15. The van der Waals surface area contributed by atoms with Gasteiger partial charge in [0.2, 0.25) is 6.79 Å². The first kappa shape index (κ1) is 17.7. The number of carbonyl (C=O) groups excluding carboxylic acids is 4. The monoisotopic (exact) mass is 380 g/mol. The maximum Gasteiger partial charge on any atom is 0.335 e. The van der Waals surface area contributed by atoms with Crippen molar-refractivity contribution in [3.05, 3.63) is 59.7 Å². The molecule has 1 atom stereocenters. The minimum atomic E-state index is -1.01. The Kier molecular flexibility index (Phi) is 4.31. The summed E-state index contributed by atoms with van der Waals surface area (Å²) in [4.78, 5) is 51.5. The highest BCUT2D eigenvalue weighted by Crippen LogP contribution is 2.33. The number of amides is 4. The molecule has 8 nitrogen and oxygen atoms in total. The largest absolute Gasteiger partial charge is 0.454 e. The number of imide groups is 2. The fourth-order valence-electron chi connectivity index (χ4n) is 3.19. The molecule has 0 radical (unpaired) electrons. The molecular formula is C20H16N2O6. The lowest BCUT2D eigenvalue weighted by molar-refractivity contribution is -0.143. The summed E-state index contributed by atoms with van der Waals surface area (Å²) >= 11 is 0. The van der Waals surface area contributed by atoms with Crippen LogP contribution in [0, 0.1) is 0 Å². The number of Topliss-reactive ketones (excluding diaryl/α,β-unsaturated/α-hetero) is 1. The van der Waals surface area contributed by atoms with E-state index in [1.807, 2.05) is 6.07 Å². The Balaban J connectivity index is 1.54. The number of ketones is 1. The lowest BCUT2D eigenvalue weighted by Crippen LogP contribution is -2.37. The highest BCUT2D eigenvalue weighted by Gasteiger charge is 2.47. The third-order valence-corrected chi connectivity index (χ3v) is 4.75. The summed E-state index contributed by atoms with van der Waals surface area (Å²) in [5, 5.41) is 0. The molecule has 0 saturated carbocycles. The van der Waals surface area contributed by atoms with Crippen molar-refractivity contribution in [2.75, 3.05) is 13.3 Å². The Hall–Kier alpha value is -3.68. The van der Waals surface area contributed by atoms with Crippen LogP contribution in [0.3, 0.4) is 0 Å². The van der Waals surface area contributed by atoms with Gasteiger partial charge in [-0.1, -0.05) is 30.3 Å². The number of fused-ring (bicyclic) bond motifs is 1. The Morgan fingerprint density at radius 1 is 1.00 bits per heavy atom. The molecule has 4 amide bonds. The van der Waals surface area contributed by atoms with Gasteiger partial charge in [-0.25, -0.2) is 14.6 Å². The van der Waals surface area contributed by atoms with Gasteiger partial charge in [-0.2, -0.15) is 0 Å². The van der Waals surface area contributed by atoms with E-state index in [0.717, 1.165) is 4.90 Å². The fourth-order valence-corrected chi connectivity index (χ4v) is 3.19. The lowest BCUT2D eigenvalue weighted by Gasteiger charge is -2.22. The third kappa shape index (κ3) is 2.88. The number of rotatable bonds is 5. The molecule has 2 aromatic rings. The SMILES string of the molecule is C[C@H](c1ccccc1)N1C(=O)C(=O)N(CC(=O)c2ccc3c(c2)OCO3)C1=O. The zero-order valence-corrected chi connectivity index (χ0v) is 15.0. The van der Waals surface area contributed by atoms with Crippen LogP contribution in [0.25, 0.3) is 0 Å². The molecule has 28 heavy (non-hydrogen) atoms. The third-order valence-electron chi connectivity index (χ3n) is 4.75. The zero-order valence-electron chi connectivity index (χ0n) is 15.0. The van der Waals surface area contributed by atoms with E-state index in [9.17, 15) is 19.2 Å². The fraction of sp³-hybridized carbons (Fsp3) is 0.200. The molecule has 1 saturated heterocycles. The maximum absolute atomic E-state index is 12.7. The number of ether oxygens (including phenoxy) is 2. The zero-order chi connectivity index (χ0) is 19.8. The van der Waals surface area contributed by atoms with Crippen molar-refractivity contribution in [1.82, 2.24) is 9.80 Å². The second-order valence-electron chi connectivity index (χ2n) is 6.43. The molecule has 2 heterocycles. The Morgan fingerprint density at radius 2 is 1.71 bits per heavy atom. The van der Waals surface area contributed by atoms with Crippen molar-refractivity contribution >= 4 is 23.6 Å². The number of hydrogen-bond acceptors (Lipinski definition) is 6. The molecule has 2 aliphatic rings. The van der Waals surface area contributed by atoms with Crippen LogP contribution in [0.5, 0.6) is 11.5 Å². The van der Waals surface area contributed by atoms with Crippen molar-refractivity contribution in [3.63, 3.8) is 0 Å². The molecule has 0 unspecified atom stereocenters. The first-order chi connectivity index (χ1) is 13.5. The molecule has 0 spiro atoms. The first-order valence-corrected chi connectivity index (χ1v) is 8.64. The van der Waals surface area contributed by atoms with Crippen LogP contribution >= 0.6 is 0 Å². The minimum Gasteiger partial charge on any atom is -0.454 e. The van der Waals surface area contributed by atoms with E-state index in [2.05, 4.69) is 0 Å². The van der Waals surface area contributed by atoms with Gasteiger partial charge in [0.25, 0.3) is 0 Å². The van der Waals surface area contributed by atoms with Crippen molar-refractivity contribution in [2.45, 2.75) is 13.0 Å². The van der Waals surface area contributed by atoms with Gasteiger partial charge in [0.05, 0.1) is 12.6 Å². The number of nitrogens with zero attached hydrogens (tertiary/aromatic N) is 2. The molecule has 0 N–H and O–H groups in total. The van der Waals surface area contributed by atoms with Crippen LogP contribution in [0.2, 0.25) is 0 Å². The molecule has 1 fully saturated rings. The molecule has 0 aromatic heterocycles. The van der Waals surface area contributed by atoms with Crippen molar-refractivity contribution in [3.8, 4) is 11.5 Å². The molecule has 0 aliphatic carbocycles. The van der Waals surface area contributed by atoms with E-state index in [1.165, 1.54) is 12.1 Å². The second kappa shape index (κ2) is 6.80. The van der Waals surface area contributed by atoms with Crippen molar-refractivity contribution in [2.24, 2.45) is 0 Å². The van der Waals surface area contributed by atoms with E-state index in [4.69, 9.17) is 9.47 Å². The van der Waals surface area contributed by atoms with E-state index in [-0.39, 0.29) is 12.4 Å². The van der Waals surface area contributed by atoms with Crippen LogP contribution in [0.4, 0.5) is 4.79 Å². The van der Waals surface area contributed by atoms with Gasteiger partial charge in [-0.05, 0) is 30.7 Å². The van der Waals surface area contributed by atoms with Crippen LogP contribution in [-0.2, 0) is 9.59 Å². The van der Waals surface area contributed by atoms with Gasteiger partial charge in [-0.3, -0.25) is 14.4 Å². The van der Waals surface area contributed by atoms with E-state index in [0.29, 0.717) is 22.0 Å². The Labute approximate surface area is 160 Å². The summed E-state index contributed by atoms with van der Waals surface area (Å²) in [6.07, 6.45) is 0.